The molecule has 0 saturated heterocycles. The first-order valence-corrected chi connectivity index (χ1v) is 46.5. The largest absolute Gasteiger partial charge is 0.393 e. The topological polar surface area (TPSA) is 123 Å². The zero-order chi connectivity index (χ0) is 90.4. The van der Waals surface area contributed by atoms with Crippen LogP contribution in [-0.4, -0.2) is 45.9 Å². The molecule has 0 aromatic heterocycles. The van der Waals surface area contributed by atoms with Crippen molar-refractivity contribution in [2.75, 3.05) is 0 Å². The Kier molecular flexibility index (Phi) is 105. The van der Waals surface area contributed by atoms with E-state index in [0.29, 0.717) is 76.1 Å². The van der Waals surface area contributed by atoms with Crippen LogP contribution >= 0.6 is 0 Å². The van der Waals surface area contributed by atoms with Crippen LogP contribution in [0.5, 0.6) is 0 Å². The van der Waals surface area contributed by atoms with Crippen molar-refractivity contribution in [2.45, 2.75) is 475 Å². The third-order valence-electron chi connectivity index (χ3n) is 18.7. The van der Waals surface area contributed by atoms with Gasteiger partial charge >= 0.3 is 0 Å². The molecule has 0 aliphatic rings. The Morgan fingerprint density at radius 2 is 0.409 bits per heavy atom. The summed E-state index contributed by atoms with van der Waals surface area (Å²) in [5.41, 5.74) is 0. The van der Waals surface area contributed by atoms with E-state index >= 15 is 0 Å². The summed E-state index contributed by atoms with van der Waals surface area (Å²) in [6.45, 7) is 110. The van der Waals surface area contributed by atoms with Crippen molar-refractivity contribution in [1.29, 1.82) is 0 Å². The molecular weight excluding hydrogens is 1350 g/mol. The molecule has 3 unspecified atom stereocenters. The second-order valence-electron chi connectivity index (χ2n) is 42.4. The molecule has 0 heterocycles. The van der Waals surface area contributed by atoms with Crippen LogP contribution in [0, 0.1) is 160 Å². The summed E-state index contributed by atoms with van der Waals surface area (Å²) in [4.78, 5) is 66.2. The number of hydrogen-bond acceptors (Lipinski definition) is 7. The van der Waals surface area contributed by atoms with E-state index in [1.54, 1.807) is 0 Å². The number of aliphatic hydroxyl groups is 1. The van der Waals surface area contributed by atoms with E-state index in [-0.39, 0.29) is 47.5 Å². The molecule has 0 rings (SSSR count). The third-order valence-corrected chi connectivity index (χ3v) is 18.7. The highest BCUT2D eigenvalue weighted by Gasteiger charge is 2.16. The van der Waals surface area contributed by atoms with E-state index in [2.05, 4.69) is 256 Å². The van der Waals surface area contributed by atoms with Gasteiger partial charge in [-0.05, 0) is 163 Å². The molecule has 0 aromatic carbocycles. The third kappa shape index (κ3) is 138. The van der Waals surface area contributed by atoms with Gasteiger partial charge in [0.15, 0.2) is 0 Å². The first-order chi connectivity index (χ1) is 49.6. The van der Waals surface area contributed by atoms with Crippen molar-refractivity contribution in [3.8, 4) is 0 Å². The maximum absolute atomic E-state index is 11.3. The van der Waals surface area contributed by atoms with Gasteiger partial charge in [-0.3, -0.25) is 28.8 Å². The molecule has 0 aliphatic heterocycles. The van der Waals surface area contributed by atoms with Gasteiger partial charge in [0.2, 0.25) is 0 Å². The van der Waals surface area contributed by atoms with Gasteiger partial charge in [-0.15, -0.1) is 0 Å². The van der Waals surface area contributed by atoms with Gasteiger partial charge in [0.05, 0.1) is 6.10 Å². The van der Waals surface area contributed by atoms with Gasteiger partial charge in [0.25, 0.3) is 0 Å². The highest BCUT2D eigenvalue weighted by molar-refractivity contribution is 5.82. The Hall–Kier alpha value is -2.02. The van der Waals surface area contributed by atoms with Crippen molar-refractivity contribution >= 4 is 34.7 Å². The van der Waals surface area contributed by atoms with Crippen LogP contribution in [0.2, 0.25) is 0 Å². The summed E-state index contributed by atoms with van der Waals surface area (Å²) in [6.07, 6.45) is 19.9. The Morgan fingerprint density at radius 1 is 0.191 bits per heavy atom. The van der Waals surface area contributed by atoms with Crippen LogP contribution in [0.3, 0.4) is 0 Å². The van der Waals surface area contributed by atoms with Gasteiger partial charge < -0.3 is 5.11 Å². The fourth-order valence-electron chi connectivity index (χ4n) is 10.2. The highest BCUT2D eigenvalue weighted by Crippen LogP contribution is 2.22. The number of hydrogen-bond donors (Lipinski definition) is 1. The molecule has 672 valence electrons. The molecule has 0 bridgehead atoms. The van der Waals surface area contributed by atoms with Crippen LogP contribution in [0.1, 0.15) is 469 Å². The summed E-state index contributed by atoms with van der Waals surface area (Å²) < 4.78 is 0. The Morgan fingerprint density at radius 3 is 0.564 bits per heavy atom. The minimum Gasteiger partial charge on any atom is -0.393 e. The van der Waals surface area contributed by atoms with Crippen molar-refractivity contribution in [3.05, 3.63) is 0 Å². The van der Waals surface area contributed by atoms with Crippen LogP contribution in [0.4, 0.5) is 0 Å². The average molecular weight is 1570 g/mol. The molecule has 0 radical (unpaired) electrons. The number of carbonyl (C=O) groups excluding carboxylic acids is 6. The first kappa shape index (κ1) is 134. The number of Topliss-reactive ketones (excluding diaryl/α,β-unsaturated/α-hetero) is 6. The molecule has 0 aliphatic carbocycles. The Bertz CT molecular complexity index is 1840. The lowest BCUT2D eigenvalue weighted by Crippen LogP contribution is -2.14. The second-order valence-corrected chi connectivity index (χ2v) is 42.4. The van der Waals surface area contributed by atoms with E-state index in [9.17, 15) is 33.9 Å². The minimum atomic E-state index is -0.0833. The molecule has 0 fully saturated rings. The lowest BCUT2D eigenvalue weighted by Gasteiger charge is -2.16. The van der Waals surface area contributed by atoms with Crippen molar-refractivity contribution in [1.82, 2.24) is 0 Å². The molecule has 3 atom stereocenters. The predicted molar refractivity (Wildman–Crippen MR) is 503 cm³/mol. The SMILES string of the molecule is CC(C)C(=O)C(C)C.CC(C)C(=O)CC(C)C(C)C.CC(C)CC(=O)C(C)C.CC(C)CC(=O)C(C)C.CC(C)CC(C)C.CC(C)CC(C)C(C)C.CC(C)CC(C)C(C)C.CC(C)CC(O)CC(C)C.CC(C)CCC(=O)C(C)C.CC(C)CCC(C)C.CC(C)CCCC(=O)C(C)C.CC(C)CCCC(C)C. The number of aliphatic hydroxyl groups excluding tert-OH is 1. The van der Waals surface area contributed by atoms with Gasteiger partial charge in [-0.25, -0.2) is 0 Å². The smallest absolute Gasteiger partial charge is 0.137 e. The van der Waals surface area contributed by atoms with Gasteiger partial charge in [0, 0.05) is 73.5 Å². The first-order valence-electron chi connectivity index (χ1n) is 46.5. The van der Waals surface area contributed by atoms with E-state index in [1.165, 1.54) is 57.8 Å². The Balaban J connectivity index is -0.0000000954. The molecule has 0 amide bonds. The van der Waals surface area contributed by atoms with Gasteiger partial charge in [-0.1, -0.05) is 392 Å². The standard InChI is InChI=1S/2C10H20O.C9H20O.C9H18O.3C9H20.2C8H16O.C8H18.C7H14O.C7H16/c1-7(2)9(5)6-10(11)8(3)4;1-8(2)6-5-7-10(11)9(3)4;1-7(2)5-9(10)6-8(3)4;1-7(2)5-6-9(10)8(3)4;2*1-7(2)6-9(5)8(3)4;1-8(2)6-5-7-9(3)4;2*1-6(2)5-8(9)7(3)4;1-7(2)5-6-8(3)4;1-5(2)7(8)6(3)4;1-6(2)5-7(3)4/h7-9H,6H2,1-5H3;8-9H,5-7H2,1-4H3;7-10H,5-6H2,1-4H3;7-8H,5-6H2,1-4H3;2*7-9H,6H2,1-5H3;8-9H,5-7H2,1-4H3;2*6-7H,5H2,1-4H3;7-8H,5-6H2,1-4H3;5-6H,1-4H3;6-7H,5H2,1-4H3. The highest BCUT2D eigenvalue weighted by atomic mass is 16.3. The Labute approximate surface area is 699 Å². The summed E-state index contributed by atoms with van der Waals surface area (Å²) in [6, 6.07) is 0. The number of rotatable bonds is 40. The molecular formula is C103H218O7. The fraction of sp³-hybridized carbons (Fsp3) is 0.942. The van der Waals surface area contributed by atoms with E-state index in [1.807, 2.05) is 96.9 Å². The molecule has 1 N–H and O–H groups in total. The maximum Gasteiger partial charge on any atom is 0.137 e. The van der Waals surface area contributed by atoms with Crippen LogP contribution in [-0.2, 0) is 28.8 Å². The normalized spacial score (nSPS) is 12.1. The monoisotopic (exact) mass is 1570 g/mol. The minimum absolute atomic E-state index is 0.0833. The number of carbonyl (C=O) groups is 6. The predicted octanol–water partition coefficient (Wildman–Crippen LogP) is 33.3. The molecule has 0 spiro atoms. The molecule has 0 saturated carbocycles. The van der Waals surface area contributed by atoms with Crippen LogP contribution in [0.25, 0.3) is 0 Å². The average Bonchev–Trinajstić information content (AvgIpc) is 0.930. The van der Waals surface area contributed by atoms with Gasteiger partial charge in [0.1, 0.15) is 34.7 Å². The zero-order valence-electron chi connectivity index (χ0n) is 85.8. The summed E-state index contributed by atoms with van der Waals surface area (Å²) in [5, 5.41) is 9.39. The summed E-state index contributed by atoms with van der Waals surface area (Å²) in [5.74, 6) is 19.1. The second kappa shape index (κ2) is 86.3. The summed E-state index contributed by atoms with van der Waals surface area (Å²) >= 11 is 0. The molecule has 7 heteroatoms. The van der Waals surface area contributed by atoms with E-state index < -0.39 is 0 Å². The number of ketones is 6. The van der Waals surface area contributed by atoms with Crippen LogP contribution in [0.15, 0.2) is 0 Å². The van der Waals surface area contributed by atoms with Crippen molar-refractivity contribution in [2.24, 2.45) is 160 Å². The summed E-state index contributed by atoms with van der Waals surface area (Å²) in [7, 11) is 0. The van der Waals surface area contributed by atoms with Crippen molar-refractivity contribution in [3.63, 3.8) is 0 Å². The maximum atomic E-state index is 11.3. The molecule has 110 heavy (non-hydrogen) atoms. The molecule has 0 aromatic rings. The van der Waals surface area contributed by atoms with Crippen molar-refractivity contribution < 1.29 is 33.9 Å². The van der Waals surface area contributed by atoms with Crippen LogP contribution < -0.4 is 0 Å². The lowest BCUT2D eigenvalue weighted by molar-refractivity contribution is -0.125. The molecule has 7 nitrogen and oxygen atoms in total. The zero-order valence-corrected chi connectivity index (χ0v) is 85.8. The lowest BCUT2D eigenvalue weighted by atomic mass is 9.90. The van der Waals surface area contributed by atoms with E-state index in [4.69, 9.17) is 0 Å². The quantitative estimate of drug-likeness (QED) is 0.0648. The van der Waals surface area contributed by atoms with Gasteiger partial charge in [-0.2, -0.15) is 0 Å². The fourth-order valence-corrected chi connectivity index (χ4v) is 10.2. The van der Waals surface area contributed by atoms with E-state index in [0.717, 1.165) is 135 Å².